The number of hydrogen-bond donors (Lipinski definition) is 1. The molecule has 1 aromatic rings. The third-order valence-electron chi connectivity index (χ3n) is 1.72. The van der Waals surface area contributed by atoms with Crippen LogP contribution in [0.4, 0.5) is 5.82 Å². The lowest BCUT2D eigenvalue weighted by Crippen LogP contribution is -2.22. The van der Waals surface area contributed by atoms with Crippen molar-refractivity contribution in [2.75, 3.05) is 24.9 Å². The molecule has 1 aliphatic rings. The molecule has 1 fully saturated rings. The summed E-state index contributed by atoms with van der Waals surface area (Å²) < 4.78 is 94.8. The number of pyridine rings is 1. The summed E-state index contributed by atoms with van der Waals surface area (Å²) in [6.45, 7) is -6.82. The van der Waals surface area contributed by atoms with Gasteiger partial charge in [0.25, 0.3) is 0 Å². The molecule has 0 aliphatic carbocycles. The van der Waals surface area contributed by atoms with Crippen molar-refractivity contribution < 1.29 is 31.1 Å². The summed E-state index contributed by atoms with van der Waals surface area (Å²) in [7, 11) is -3.19. The molecule has 0 amide bonds. The zero-order chi connectivity index (χ0) is 23.0. The van der Waals surface area contributed by atoms with Crippen molar-refractivity contribution in [3.63, 3.8) is 0 Å². The Morgan fingerprint density at radius 3 is 3.47 bits per heavy atom. The fourth-order valence-electron chi connectivity index (χ4n) is 1.02. The molecule has 0 spiro atoms. The van der Waals surface area contributed by atoms with E-state index in [9.17, 15) is 9.90 Å². The summed E-state index contributed by atoms with van der Waals surface area (Å²) in [4.78, 5) is 15.4. The normalized spacial score (nSPS) is 43.8. The maximum Gasteiger partial charge on any atom is 0.339 e. The molecule has 0 aromatic carbocycles. The van der Waals surface area contributed by atoms with Crippen LogP contribution in [-0.2, 0) is 4.74 Å². The highest BCUT2D eigenvalue weighted by Gasteiger charge is 2.23. The molecule has 17 heavy (non-hydrogen) atoms. The summed E-state index contributed by atoms with van der Waals surface area (Å²) in [5.41, 5.74) is -0.929. The largest absolute Gasteiger partial charge is 0.465 e. The molecule has 6 heteroatoms. The topological polar surface area (TPSA) is 62.7 Å². The van der Waals surface area contributed by atoms with Gasteiger partial charge >= 0.3 is 5.97 Å². The molecule has 5 nitrogen and oxygen atoms in total. The van der Waals surface area contributed by atoms with Crippen molar-refractivity contribution >= 4 is 27.7 Å². The highest BCUT2D eigenvalue weighted by molar-refractivity contribution is 9.10. The Labute approximate surface area is 124 Å². The quantitative estimate of drug-likeness (QED) is 0.831. The number of halogens is 1. The Bertz CT molecular complexity index is 846. The number of β-amino-alcohol motifs (C(OH)–C–C–N with tert-alkyl or cyclic N) is 1. The molecular weight excluding hydrogens is 288 g/mol. The predicted molar refractivity (Wildman–Crippen MR) is 66.1 cm³/mol. The minimum Gasteiger partial charge on any atom is -0.465 e. The molecule has 1 unspecified atom stereocenters. The van der Waals surface area contributed by atoms with Crippen LogP contribution in [0.5, 0.6) is 0 Å². The standard InChI is InChI=1S/C11H13BrN2O3/c1-17-11(16)7-4-9(12)10(13-5-7)14-3-2-8(15)6-14/h4-5,8,15H,2-3,6H2,1H3/i1D3,2D2,3D2,4D,5D,6D2,8D. The average Bonchev–Trinajstić information content (AvgIpc) is 2.55. The van der Waals surface area contributed by atoms with Crippen LogP contribution in [-0.4, -0.2) is 42.2 Å². The van der Waals surface area contributed by atoms with Crippen molar-refractivity contribution in [1.29, 1.82) is 0 Å². The molecule has 1 N–H and O–H groups in total. The number of aliphatic hydroxyl groups is 1. The first-order chi connectivity index (χ1) is 12.7. The molecule has 1 aliphatic heterocycles. The second-order valence-corrected chi connectivity index (χ2v) is 3.58. The van der Waals surface area contributed by atoms with E-state index in [0.717, 1.165) is 0 Å². The van der Waals surface area contributed by atoms with E-state index in [0.29, 0.717) is 0 Å². The lowest BCUT2D eigenvalue weighted by Gasteiger charge is -2.18. The van der Waals surface area contributed by atoms with Gasteiger partial charge in [0.15, 0.2) is 0 Å². The fourth-order valence-corrected chi connectivity index (χ4v) is 1.49. The number of anilines is 1. The third kappa shape index (κ3) is 2.58. The first-order valence-electron chi connectivity index (χ1n) is 10.1. The van der Waals surface area contributed by atoms with E-state index in [1.54, 1.807) is 0 Å². The van der Waals surface area contributed by atoms with Gasteiger partial charge in [-0.1, -0.05) is 0 Å². The third-order valence-corrected chi connectivity index (χ3v) is 2.27. The molecule has 0 radical (unpaired) electrons. The lowest BCUT2D eigenvalue weighted by atomic mass is 10.3. The number of esters is 1. The van der Waals surface area contributed by atoms with Crippen LogP contribution in [0.2, 0.25) is 0 Å². The van der Waals surface area contributed by atoms with Gasteiger partial charge in [0.2, 0.25) is 0 Å². The highest BCUT2D eigenvalue weighted by Crippen LogP contribution is 2.27. The van der Waals surface area contributed by atoms with Crippen LogP contribution >= 0.6 is 15.9 Å². The molecule has 92 valence electrons. The number of carbonyl (C=O) groups is 1. The van der Waals surface area contributed by atoms with Gasteiger partial charge < -0.3 is 14.7 Å². The van der Waals surface area contributed by atoms with E-state index in [-0.39, 0.29) is 4.90 Å². The SMILES string of the molecule is [2H]c1nc(N2C([2H])([2H])C([2H])([2H])C([2H])(O)C2([2H])[2H])c(Br)c([2H])c1C(=O)OC([2H])([2H])[2H]. The Balaban J connectivity index is 2.73. The smallest absolute Gasteiger partial charge is 0.339 e. The Morgan fingerprint density at radius 2 is 2.82 bits per heavy atom. The molecule has 1 saturated heterocycles. The van der Waals surface area contributed by atoms with Crippen molar-refractivity contribution in [2.45, 2.75) is 12.5 Å². The average molecular weight is 313 g/mol. The van der Waals surface area contributed by atoms with Gasteiger partial charge in [-0.2, -0.15) is 0 Å². The zero-order valence-corrected chi connectivity index (χ0v) is 9.62. The maximum absolute atomic E-state index is 12.0. The first kappa shape index (κ1) is 4.20. The highest BCUT2D eigenvalue weighted by atomic mass is 79.9. The van der Waals surface area contributed by atoms with Crippen molar-refractivity contribution in [3.05, 3.63) is 22.3 Å². The lowest BCUT2D eigenvalue weighted by molar-refractivity contribution is 0.0600. The maximum atomic E-state index is 12.0. The van der Waals surface area contributed by atoms with E-state index in [4.69, 9.17) is 16.4 Å². The van der Waals surface area contributed by atoms with Crippen LogP contribution in [0.3, 0.4) is 0 Å². The monoisotopic (exact) mass is 312 g/mol. The Kier molecular flexibility index (Phi) is 1.24. The predicted octanol–water partition coefficient (Wildman–Crippen LogP) is 1.20. The van der Waals surface area contributed by atoms with Crippen molar-refractivity contribution in [2.24, 2.45) is 0 Å². The molecule has 2 rings (SSSR count). The number of aromatic nitrogens is 1. The van der Waals surface area contributed by atoms with Crippen LogP contribution in [0.25, 0.3) is 0 Å². The molecule has 2 heterocycles. The van der Waals surface area contributed by atoms with Gasteiger partial charge in [-0.25, -0.2) is 9.78 Å². The van der Waals surface area contributed by atoms with E-state index < -0.39 is 66.5 Å². The Morgan fingerprint density at radius 1 is 2.00 bits per heavy atom. The molecule has 1 atom stereocenters. The van der Waals surface area contributed by atoms with Gasteiger partial charge in [-0.3, -0.25) is 0 Å². The zero-order valence-electron chi connectivity index (χ0n) is 20.0. The van der Waals surface area contributed by atoms with Crippen LogP contribution < -0.4 is 4.90 Å². The fraction of sp³-hybridized carbons (Fsp3) is 0.455. The second-order valence-electron chi connectivity index (χ2n) is 2.78. The number of nitrogens with zero attached hydrogens (tertiary/aromatic N) is 2. The van der Waals surface area contributed by atoms with E-state index >= 15 is 0 Å². The minimum atomic E-state index is -3.63. The first-order valence-corrected chi connectivity index (χ1v) is 4.94. The van der Waals surface area contributed by atoms with Crippen LogP contribution in [0, 0.1) is 0 Å². The number of methoxy groups -OCH3 is 1. The number of rotatable bonds is 2. The number of ether oxygens (including phenoxy) is 1. The second kappa shape index (κ2) is 5.01. The van der Waals surface area contributed by atoms with Gasteiger partial charge in [0.05, 0.1) is 34.1 Å². The summed E-state index contributed by atoms with van der Waals surface area (Å²) >= 11 is 2.78. The summed E-state index contributed by atoms with van der Waals surface area (Å²) in [6, 6.07) is -0.915. The van der Waals surface area contributed by atoms with Gasteiger partial charge in [0.1, 0.15) is 5.82 Å². The van der Waals surface area contributed by atoms with E-state index in [1.165, 1.54) is 0 Å². The number of carbonyl (C=O) groups excluding carboxylic acids is 1. The summed E-state index contributed by atoms with van der Waals surface area (Å²) in [6.07, 6.45) is -8.21. The van der Waals surface area contributed by atoms with E-state index in [2.05, 4.69) is 25.7 Å². The van der Waals surface area contributed by atoms with Gasteiger partial charge in [-0.05, 0) is 28.3 Å². The summed E-state index contributed by atoms with van der Waals surface area (Å²) in [5.74, 6) is -2.51. The van der Waals surface area contributed by atoms with E-state index in [1.807, 2.05) is 0 Å². The van der Waals surface area contributed by atoms with Gasteiger partial charge in [-0.15, -0.1) is 0 Å². The van der Waals surface area contributed by atoms with Crippen molar-refractivity contribution in [1.82, 2.24) is 4.98 Å². The molecule has 0 bridgehead atoms. The summed E-state index contributed by atoms with van der Waals surface area (Å²) in [5, 5.41) is 10.1. The molecular formula is C11H13BrN2O3. The van der Waals surface area contributed by atoms with Crippen LogP contribution in [0.1, 0.15) is 33.2 Å². The molecule has 0 saturated carbocycles. The van der Waals surface area contributed by atoms with Gasteiger partial charge in [0, 0.05) is 24.6 Å². The minimum absolute atomic E-state index is 0.0496. The van der Waals surface area contributed by atoms with Crippen LogP contribution in [0.15, 0.2) is 16.7 Å². The molecule has 1 aromatic heterocycles. The van der Waals surface area contributed by atoms with Crippen molar-refractivity contribution in [3.8, 4) is 0 Å². The number of hydrogen-bond acceptors (Lipinski definition) is 5. The Hall–Kier alpha value is -1.14.